The quantitative estimate of drug-likeness (QED) is 0.687. The van der Waals surface area contributed by atoms with Crippen molar-refractivity contribution in [3.05, 3.63) is 54.1 Å². The van der Waals surface area contributed by atoms with Crippen LogP contribution in [0.2, 0.25) is 0 Å². The molecule has 2 amide bonds. The highest BCUT2D eigenvalue weighted by molar-refractivity contribution is 5.89. The zero-order valence-electron chi connectivity index (χ0n) is 14.6. The Morgan fingerprint density at radius 3 is 2.56 bits per heavy atom. The van der Waals surface area contributed by atoms with E-state index in [9.17, 15) is 9.18 Å². The Bertz CT molecular complexity index is 929. The molecule has 0 spiro atoms. The van der Waals surface area contributed by atoms with Crippen LogP contribution in [0, 0.1) is 5.82 Å². The third-order valence-corrected chi connectivity index (χ3v) is 3.65. The van der Waals surface area contributed by atoms with Crippen LogP contribution in [0.25, 0.3) is 5.69 Å². The molecule has 0 aliphatic carbocycles. The van der Waals surface area contributed by atoms with Gasteiger partial charge in [-0.25, -0.2) is 9.18 Å². The lowest BCUT2D eigenvalue weighted by atomic mass is 10.3. The fourth-order valence-corrected chi connectivity index (χ4v) is 2.35. The number of tetrazole rings is 1. The van der Waals surface area contributed by atoms with Crippen molar-refractivity contribution in [2.45, 2.75) is 6.54 Å². The number of nitrogens with one attached hydrogen (secondary N) is 2. The lowest BCUT2D eigenvalue weighted by Gasteiger charge is -2.11. The number of halogens is 1. The topological polar surface area (TPSA) is 103 Å². The minimum absolute atomic E-state index is 0.0729. The summed E-state index contributed by atoms with van der Waals surface area (Å²) in [5.74, 6) is 1.09. The Morgan fingerprint density at radius 2 is 1.85 bits per heavy atom. The van der Waals surface area contributed by atoms with Gasteiger partial charge in [-0.05, 0) is 46.8 Å². The molecule has 9 nitrogen and oxygen atoms in total. The van der Waals surface area contributed by atoms with Crippen LogP contribution in [-0.2, 0) is 6.54 Å². The molecule has 0 radical (unpaired) electrons. The summed E-state index contributed by atoms with van der Waals surface area (Å²) in [6, 6.07) is 10.2. The predicted molar refractivity (Wildman–Crippen MR) is 94.5 cm³/mol. The first-order chi connectivity index (χ1) is 13.1. The van der Waals surface area contributed by atoms with Gasteiger partial charge < -0.3 is 20.1 Å². The lowest BCUT2D eigenvalue weighted by Crippen LogP contribution is -2.29. The highest BCUT2D eigenvalue weighted by Crippen LogP contribution is 2.29. The number of ether oxygens (including phenoxy) is 2. The average Bonchev–Trinajstić information content (AvgIpc) is 3.15. The van der Waals surface area contributed by atoms with Crippen molar-refractivity contribution in [1.82, 2.24) is 25.5 Å². The Balaban J connectivity index is 1.63. The summed E-state index contributed by atoms with van der Waals surface area (Å²) in [7, 11) is 3.04. The first kappa shape index (κ1) is 18.1. The monoisotopic (exact) mass is 372 g/mol. The maximum atomic E-state index is 13.0. The van der Waals surface area contributed by atoms with E-state index in [1.165, 1.54) is 31.0 Å². The molecule has 0 bridgehead atoms. The van der Waals surface area contributed by atoms with Crippen LogP contribution in [0.15, 0.2) is 42.5 Å². The molecule has 2 aromatic carbocycles. The standard InChI is InChI=1S/C17H17FN6O3/c1-26-14-8-5-12(9-15(14)27-2)20-17(25)19-10-16-21-22-23-24(16)13-6-3-11(18)4-7-13/h3-9H,10H2,1-2H3,(H2,19,20,25). The van der Waals surface area contributed by atoms with Crippen LogP contribution in [-0.4, -0.2) is 40.5 Å². The van der Waals surface area contributed by atoms with Gasteiger partial charge in [-0.2, -0.15) is 4.68 Å². The zero-order chi connectivity index (χ0) is 19.2. The van der Waals surface area contributed by atoms with Gasteiger partial charge in [-0.3, -0.25) is 0 Å². The van der Waals surface area contributed by atoms with Gasteiger partial charge in [0.2, 0.25) is 0 Å². The number of rotatable bonds is 6. The van der Waals surface area contributed by atoms with Gasteiger partial charge in [0.05, 0.1) is 26.5 Å². The van der Waals surface area contributed by atoms with Crippen LogP contribution in [0.5, 0.6) is 11.5 Å². The van der Waals surface area contributed by atoms with Crippen molar-refractivity contribution >= 4 is 11.7 Å². The van der Waals surface area contributed by atoms with Gasteiger partial charge in [-0.1, -0.05) is 0 Å². The Labute approximate surface area is 154 Å². The summed E-state index contributed by atoms with van der Waals surface area (Å²) in [5, 5.41) is 16.7. The van der Waals surface area contributed by atoms with Crippen molar-refractivity contribution in [3.63, 3.8) is 0 Å². The molecule has 2 N–H and O–H groups in total. The van der Waals surface area contributed by atoms with E-state index in [0.29, 0.717) is 28.7 Å². The normalized spacial score (nSPS) is 10.3. The molecule has 3 rings (SSSR count). The molecular weight excluding hydrogens is 355 g/mol. The molecular formula is C17H17FN6O3. The molecule has 0 atom stereocenters. The van der Waals surface area contributed by atoms with E-state index in [-0.39, 0.29) is 12.4 Å². The van der Waals surface area contributed by atoms with E-state index < -0.39 is 6.03 Å². The third-order valence-electron chi connectivity index (χ3n) is 3.65. The molecule has 140 valence electrons. The largest absolute Gasteiger partial charge is 0.493 e. The summed E-state index contributed by atoms with van der Waals surface area (Å²) in [4.78, 5) is 12.1. The minimum Gasteiger partial charge on any atom is -0.493 e. The maximum absolute atomic E-state index is 13.0. The van der Waals surface area contributed by atoms with E-state index in [0.717, 1.165) is 0 Å². The highest BCUT2D eigenvalue weighted by atomic mass is 19.1. The number of methoxy groups -OCH3 is 2. The number of carbonyl (C=O) groups excluding carboxylic acids is 1. The smallest absolute Gasteiger partial charge is 0.319 e. The van der Waals surface area contributed by atoms with Crippen LogP contribution < -0.4 is 20.1 Å². The fraction of sp³-hybridized carbons (Fsp3) is 0.176. The number of urea groups is 1. The Hall–Kier alpha value is -3.69. The molecule has 0 saturated heterocycles. The number of hydrogen-bond acceptors (Lipinski definition) is 6. The first-order valence-electron chi connectivity index (χ1n) is 7.91. The van der Waals surface area contributed by atoms with Crippen molar-refractivity contribution < 1.29 is 18.7 Å². The summed E-state index contributed by atoms with van der Waals surface area (Å²) in [6.07, 6.45) is 0. The Morgan fingerprint density at radius 1 is 1.11 bits per heavy atom. The second kappa shape index (κ2) is 8.13. The van der Waals surface area contributed by atoms with E-state index >= 15 is 0 Å². The van der Waals surface area contributed by atoms with Crippen LogP contribution >= 0.6 is 0 Å². The fourth-order valence-electron chi connectivity index (χ4n) is 2.35. The lowest BCUT2D eigenvalue weighted by molar-refractivity contribution is 0.251. The molecule has 0 unspecified atom stereocenters. The van der Waals surface area contributed by atoms with Gasteiger partial charge in [0.1, 0.15) is 5.82 Å². The van der Waals surface area contributed by atoms with Crippen LogP contribution in [0.3, 0.4) is 0 Å². The molecule has 3 aromatic rings. The van der Waals surface area contributed by atoms with E-state index in [1.807, 2.05) is 0 Å². The van der Waals surface area contributed by atoms with E-state index in [1.54, 1.807) is 30.3 Å². The SMILES string of the molecule is COc1ccc(NC(=O)NCc2nnnn2-c2ccc(F)cc2)cc1OC. The molecule has 0 saturated carbocycles. The molecule has 0 fully saturated rings. The van der Waals surface area contributed by atoms with Gasteiger partial charge >= 0.3 is 6.03 Å². The maximum Gasteiger partial charge on any atom is 0.319 e. The molecule has 27 heavy (non-hydrogen) atoms. The third kappa shape index (κ3) is 4.29. The van der Waals surface area contributed by atoms with Crippen LogP contribution in [0.1, 0.15) is 5.82 Å². The van der Waals surface area contributed by atoms with Gasteiger partial charge in [0, 0.05) is 11.8 Å². The van der Waals surface area contributed by atoms with Gasteiger partial charge in [0.25, 0.3) is 0 Å². The highest BCUT2D eigenvalue weighted by Gasteiger charge is 2.11. The second-order valence-electron chi connectivity index (χ2n) is 5.36. The Kier molecular flexibility index (Phi) is 5.45. The van der Waals surface area contributed by atoms with Crippen LogP contribution in [0.4, 0.5) is 14.9 Å². The number of hydrogen-bond donors (Lipinski definition) is 2. The van der Waals surface area contributed by atoms with Crippen molar-refractivity contribution in [2.75, 3.05) is 19.5 Å². The van der Waals surface area contributed by atoms with Crippen molar-refractivity contribution in [3.8, 4) is 17.2 Å². The summed E-state index contributed by atoms with van der Waals surface area (Å²) in [5.41, 5.74) is 1.11. The summed E-state index contributed by atoms with van der Waals surface area (Å²) >= 11 is 0. The predicted octanol–water partition coefficient (Wildman–Crippen LogP) is 2.14. The summed E-state index contributed by atoms with van der Waals surface area (Å²) < 4.78 is 24.8. The molecule has 1 aromatic heterocycles. The number of aromatic nitrogens is 4. The molecule has 10 heteroatoms. The number of amides is 2. The zero-order valence-corrected chi connectivity index (χ0v) is 14.6. The molecule has 0 aliphatic heterocycles. The average molecular weight is 372 g/mol. The van der Waals surface area contributed by atoms with Crippen molar-refractivity contribution in [2.24, 2.45) is 0 Å². The summed E-state index contributed by atoms with van der Waals surface area (Å²) in [6.45, 7) is 0.0729. The minimum atomic E-state index is -0.448. The number of carbonyl (C=O) groups is 1. The van der Waals surface area contributed by atoms with Gasteiger partial charge in [-0.15, -0.1) is 5.10 Å². The first-order valence-corrected chi connectivity index (χ1v) is 7.91. The van der Waals surface area contributed by atoms with E-state index in [2.05, 4.69) is 26.2 Å². The van der Waals surface area contributed by atoms with Crippen molar-refractivity contribution in [1.29, 1.82) is 0 Å². The van der Waals surface area contributed by atoms with E-state index in [4.69, 9.17) is 9.47 Å². The van der Waals surface area contributed by atoms with Gasteiger partial charge in [0.15, 0.2) is 17.3 Å². The number of nitrogens with zero attached hydrogens (tertiary/aromatic N) is 4. The number of benzene rings is 2. The molecule has 0 aliphatic rings. The second-order valence-corrected chi connectivity index (χ2v) is 5.36. The molecule has 1 heterocycles. The number of anilines is 1.